The summed E-state index contributed by atoms with van der Waals surface area (Å²) in [5.41, 5.74) is 6.34. The molecule has 3 heteroatoms. The molecule has 1 aromatic carbocycles. The third-order valence-corrected chi connectivity index (χ3v) is 2.56. The Morgan fingerprint density at radius 3 is 2.71 bits per heavy atom. The van der Waals surface area contributed by atoms with Gasteiger partial charge in [-0.05, 0) is 31.4 Å². The highest BCUT2D eigenvalue weighted by molar-refractivity contribution is 5.55. The molecule has 76 valence electrons. The first-order valence-corrected chi connectivity index (χ1v) is 4.90. The van der Waals surface area contributed by atoms with Gasteiger partial charge in [0, 0.05) is 6.07 Å². The molecule has 3 nitrogen and oxygen atoms in total. The number of nitrogens with two attached hydrogens (primary N) is 1. The van der Waals surface area contributed by atoms with Gasteiger partial charge >= 0.3 is 0 Å². The maximum atomic E-state index is 5.71. The van der Waals surface area contributed by atoms with Crippen molar-refractivity contribution in [3.8, 4) is 11.5 Å². The highest BCUT2D eigenvalue weighted by Crippen LogP contribution is 2.30. The molecule has 0 atom stereocenters. The molecule has 0 unspecified atom stereocenters. The van der Waals surface area contributed by atoms with Gasteiger partial charge in [-0.3, -0.25) is 0 Å². The Bertz CT molecular complexity index is 321. The zero-order chi connectivity index (χ0) is 9.97. The predicted octanol–water partition coefficient (Wildman–Crippen LogP) is 2.21. The first kappa shape index (κ1) is 9.19. The lowest BCUT2D eigenvalue weighted by atomic mass is 9.96. The van der Waals surface area contributed by atoms with Crippen molar-refractivity contribution < 1.29 is 9.47 Å². The Labute approximate surface area is 83.8 Å². The molecule has 1 aliphatic rings. The molecule has 14 heavy (non-hydrogen) atoms. The summed E-state index contributed by atoms with van der Waals surface area (Å²) in [6.07, 6.45) is 3.99. The van der Waals surface area contributed by atoms with Gasteiger partial charge in [0.15, 0.2) is 0 Å². The topological polar surface area (TPSA) is 44.5 Å². The molecule has 1 aliphatic carbocycles. The Morgan fingerprint density at radius 1 is 1.36 bits per heavy atom. The van der Waals surface area contributed by atoms with Crippen molar-refractivity contribution in [3.63, 3.8) is 0 Å². The van der Waals surface area contributed by atoms with Crippen LogP contribution in [0.4, 0.5) is 5.69 Å². The zero-order valence-electron chi connectivity index (χ0n) is 8.32. The number of methoxy groups -OCH3 is 1. The number of benzene rings is 1. The molecule has 2 rings (SSSR count). The molecular formula is C11H15NO2. The van der Waals surface area contributed by atoms with E-state index >= 15 is 0 Å². The van der Waals surface area contributed by atoms with Crippen LogP contribution in [0.25, 0.3) is 0 Å². The van der Waals surface area contributed by atoms with Crippen molar-refractivity contribution in [2.24, 2.45) is 0 Å². The second-order valence-electron chi connectivity index (χ2n) is 3.57. The van der Waals surface area contributed by atoms with Crippen LogP contribution in [0.1, 0.15) is 19.3 Å². The third kappa shape index (κ3) is 1.76. The van der Waals surface area contributed by atoms with Gasteiger partial charge in [0.05, 0.1) is 18.9 Å². The maximum Gasteiger partial charge on any atom is 0.145 e. The van der Waals surface area contributed by atoms with E-state index in [1.54, 1.807) is 7.11 Å². The molecule has 0 saturated heterocycles. The van der Waals surface area contributed by atoms with Crippen LogP contribution >= 0.6 is 0 Å². The highest BCUT2D eigenvalue weighted by Gasteiger charge is 2.19. The molecule has 1 saturated carbocycles. The van der Waals surface area contributed by atoms with Crippen LogP contribution in [0.15, 0.2) is 18.2 Å². The van der Waals surface area contributed by atoms with E-state index in [4.69, 9.17) is 15.2 Å². The monoisotopic (exact) mass is 193 g/mol. The number of hydrogen-bond donors (Lipinski definition) is 1. The van der Waals surface area contributed by atoms with Gasteiger partial charge in [-0.1, -0.05) is 0 Å². The summed E-state index contributed by atoms with van der Waals surface area (Å²) in [6, 6.07) is 5.54. The van der Waals surface area contributed by atoms with Crippen LogP contribution in [-0.4, -0.2) is 13.2 Å². The zero-order valence-corrected chi connectivity index (χ0v) is 8.32. The lowest BCUT2D eigenvalue weighted by molar-refractivity contribution is 0.120. The van der Waals surface area contributed by atoms with E-state index in [0.717, 1.165) is 18.6 Å². The first-order chi connectivity index (χ1) is 6.79. The summed E-state index contributed by atoms with van der Waals surface area (Å²) in [6.45, 7) is 0. The van der Waals surface area contributed by atoms with Crippen molar-refractivity contribution in [2.75, 3.05) is 12.8 Å². The summed E-state index contributed by atoms with van der Waals surface area (Å²) in [5, 5.41) is 0. The molecule has 0 radical (unpaired) electrons. The van der Waals surface area contributed by atoms with E-state index in [1.807, 2.05) is 18.2 Å². The van der Waals surface area contributed by atoms with Crippen LogP contribution in [0, 0.1) is 0 Å². The van der Waals surface area contributed by atoms with Gasteiger partial charge in [0.1, 0.15) is 11.5 Å². The van der Waals surface area contributed by atoms with E-state index in [1.165, 1.54) is 6.42 Å². The minimum Gasteiger partial charge on any atom is -0.494 e. The molecule has 1 fully saturated rings. The Morgan fingerprint density at radius 2 is 2.14 bits per heavy atom. The van der Waals surface area contributed by atoms with E-state index in [9.17, 15) is 0 Å². The van der Waals surface area contributed by atoms with E-state index in [2.05, 4.69) is 0 Å². The lowest BCUT2D eigenvalue weighted by Gasteiger charge is -2.26. The minimum absolute atomic E-state index is 0.392. The molecule has 2 N–H and O–H groups in total. The van der Waals surface area contributed by atoms with Gasteiger partial charge in [-0.2, -0.15) is 0 Å². The fourth-order valence-corrected chi connectivity index (χ4v) is 1.45. The SMILES string of the molecule is COc1cc(OC2CCC2)ccc1N. The minimum atomic E-state index is 0.392. The fourth-order valence-electron chi connectivity index (χ4n) is 1.45. The van der Waals surface area contributed by atoms with Gasteiger partial charge in [-0.25, -0.2) is 0 Å². The second kappa shape index (κ2) is 3.78. The number of ether oxygens (including phenoxy) is 2. The summed E-state index contributed by atoms with van der Waals surface area (Å²) in [5.74, 6) is 1.53. The van der Waals surface area contributed by atoms with Gasteiger partial charge in [0.25, 0.3) is 0 Å². The van der Waals surface area contributed by atoms with Crippen LogP contribution in [0.2, 0.25) is 0 Å². The van der Waals surface area contributed by atoms with Crippen molar-refractivity contribution in [2.45, 2.75) is 25.4 Å². The largest absolute Gasteiger partial charge is 0.494 e. The Balaban J connectivity index is 2.09. The van der Waals surface area contributed by atoms with E-state index in [-0.39, 0.29) is 0 Å². The second-order valence-corrected chi connectivity index (χ2v) is 3.57. The van der Waals surface area contributed by atoms with Crippen LogP contribution in [0.3, 0.4) is 0 Å². The Kier molecular flexibility index (Phi) is 2.48. The Hall–Kier alpha value is -1.38. The van der Waals surface area contributed by atoms with E-state index in [0.29, 0.717) is 17.5 Å². The van der Waals surface area contributed by atoms with Crippen molar-refractivity contribution in [1.29, 1.82) is 0 Å². The highest BCUT2D eigenvalue weighted by atomic mass is 16.5. The average Bonchev–Trinajstić information content (AvgIpc) is 2.14. The molecule has 0 aliphatic heterocycles. The van der Waals surface area contributed by atoms with Crippen molar-refractivity contribution >= 4 is 5.69 Å². The number of hydrogen-bond acceptors (Lipinski definition) is 3. The fraction of sp³-hybridized carbons (Fsp3) is 0.455. The van der Waals surface area contributed by atoms with Crippen LogP contribution in [-0.2, 0) is 0 Å². The molecule has 0 spiro atoms. The molecule has 0 bridgehead atoms. The normalized spacial score (nSPS) is 16.1. The van der Waals surface area contributed by atoms with Crippen LogP contribution < -0.4 is 15.2 Å². The summed E-state index contributed by atoms with van der Waals surface area (Å²) < 4.78 is 10.8. The quantitative estimate of drug-likeness (QED) is 0.748. The van der Waals surface area contributed by atoms with Gasteiger partial charge in [-0.15, -0.1) is 0 Å². The third-order valence-electron chi connectivity index (χ3n) is 2.56. The van der Waals surface area contributed by atoms with Crippen molar-refractivity contribution in [3.05, 3.63) is 18.2 Å². The molecule has 0 aromatic heterocycles. The molecule has 0 heterocycles. The van der Waals surface area contributed by atoms with Gasteiger partial charge in [0.2, 0.25) is 0 Å². The summed E-state index contributed by atoms with van der Waals surface area (Å²) >= 11 is 0. The smallest absolute Gasteiger partial charge is 0.145 e. The van der Waals surface area contributed by atoms with Crippen molar-refractivity contribution in [1.82, 2.24) is 0 Å². The number of rotatable bonds is 3. The van der Waals surface area contributed by atoms with E-state index < -0.39 is 0 Å². The lowest BCUT2D eigenvalue weighted by Crippen LogP contribution is -2.24. The first-order valence-electron chi connectivity index (χ1n) is 4.90. The molecular weight excluding hydrogens is 178 g/mol. The number of anilines is 1. The molecule has 0 amide bonds. The number of nitrogen functional groups attached to an aromatic ring is 1. The summed E-state index contributed by atoms with van der Waals surface area (Å²) in [7, 11) is 1.61. The standard InChI is InChI=1S/C11H15NO2/c1-13-11-7-9(5-6-10(11)12)14-8-3-2-4-8/h5-8H,2-4,12H2,1H3. The van der Waals surface area contributed by atoms with Crippen LogP contribution in [0.5, 0.6) is 11.5 Å². The average molecular weight is 193 g/mol. The predicted molar refractivity (Wildman–Crippen MR) is 55.7 cm³/mol. The summed E-state index contributed by atoms with van der Waals surface area (Å²) in [4.78, 5) is 0. The van der Waals surface area contributed by atoms with Gasteiger partial charge < -0.3 is 15.2 Å². The molecule has 1 aromatic rings. The maximum absolute atomic E-state index is 5.71.